The number of amides is 1. The van der Waals surface area contributed by atoms with E-state index >= 15 is 0 Å². The van der Waals surface area contributed by atoms with Crippen LogP contribution in [0.25, 0.3) is 0 Å². The molecule has 1 aliphatic carbocycles. The third-order valence-corrected chi connectivity index (χ3v) is 5.99. The highest BCUT2D eigenvalue weighted by Gasteiger charge is 2.53. The molecule has 1 amide bonds. The average Bonchev–Trinajstić information content (AvgIpc) is 3.18. The summed E-state index contributed by atoms with van der Waals surface area (Å²) in [6, 6.07) is 0.247. The van der Waals surface area contributed by atoms with Crippen molar-refractivity contribution < 1.29 is 9.53 Å². The molecule has 1 N–H and O–H groups in total. The third kappa shape index (κ3) is 3.57. The van der Waals surface area contributed by atoms with E-state index < -0.39 is 0 Å². The number of carbonyl (C=O) groups excluding carboxylic acids is 1. The monoisotopic (exact) mass is 370 g/mol. The van der Waals surface area contributed by atoms with Gasteiger partial charge in [0, 0.05) is 57.4 Å². The lowest BCUT2D eigenvalue weighted by Gasteiger charge is -2.55. The maximum absolute atomic E-state index is 13.1. The molecule has 2 fully saturated rings. The van der Waals surface area contributed by atoms with Gasteiger partial charge in [0.2, 0.25) is 5.91 Å². The Morgan fingerprint density at radius 3 is 2.76 bits per heavy atom. The molecule has 7 heteroatoms. The Hall–Kier alpha value is -1.11. The molecule has 6 nitrogen and oxygen atoms in total. The van der Waals surface area contributed by atoms with Crippen LogP contribution in [0.3, 0.4) is 0 Å². The van der Waals surface area contributed by atoms with Crippen LogP contribution >= 0.6 is 12.4 Å². The number of nitrogens with one attached hydrogen (secondary N) is 1. The Morgan fingerprint density at radius 1 is 1.48 bits per heavy atom. The highest BCUT2D eigenvalue weighted by atomic mass is 35.5. The predicted molar refractivity (Wildman–Crippen MR) is 99.9 cm³/mol. The molecule has 1 saturated heterocycles. The Kier molecular flexibility index (Phi) is 6.17. The Balaban J connectivity index is 0.00000225. The molecule has 3 rings (SSSR count). The number of ether oxygens (including phenoxy) is 1. The summed E-state index contributed by atoms with van der Waals surface area (Å²) in [6.45, 7) is 8.75. The van der Waals surface area contributed by atoms with Gasteiger partial charge in [-0.1, -0.05) is 13.8 Å². The summed E-state index contributed by atoms with van der Waals surface area (Å²) in [6.07, 6.45) is 5.09. The van der Waals surface area contributed by atoms with Gasteiger partial charge in [-0.05, 0) is 18.9 Å². The van der Waals surface area contributed by atoms with E-state index in [1.807, 2.05) is 38.3 Å². The molecule has 0 spiro atoms. The first-order valence-corrected chi connectivity index (χ1v) is 8.93. The molecular formula is C18H31ClN4O2. The molecule has 0 bridgehead atoms. The Bertz CT molecular complexity index is 604. The van der Waals surface area contributed by atoms with Gasteiger partial charge in [-0.25, -0.2) is 0 Å². The summed E-state index contributed by atoms with van der Waals surface area (Å²) in [5, 5.41) is 7.64. The van der Waals surface area contributed by atoms with Crippen molar-refractivity contribution in [3.8, 4) is 0 Å². The first-order chi connectivity index (χ1) is 11.4. The molecule has 4 atom stereocenters. The van der Waals surface area contributed by atoms with Crippen molar-refractivity contribution in [1.29, 1.82) is 0 Å². The number of halogens is 1. The van der Waals surface area contributed by atoms with Crippen molar-refractivity contribution in [3.63, 3.8) is 0 Å². The summed E-state index contributed by atoms with van der Waals surface area (Å²) >= 11 is 0. The number of carbonyl (C=O) groups is 1. The molecule has 142 valence electrons. The van der Waals surface area contributed by atoms with Gasteiger partial charge in [-0.3, -0.25) is 9.48 Å². The lowest BCUT2D eigenvalue weighted by molar-refractivity contribution is -0.166. The zero-order valence-electron chi connectivity index (χ0n) is 15.9. The summed E-state index contributed by atoms with van der Waals surface area (Å²) in [5.74, 6) is 0.433. The van der Waals surface area contributed by atoms with Crippen LogP contribution in [0.2, 0.25) is 0 Å². The van der Waals surface area contributed by atoms with Crippen molar-refractivity contribution in [2.75, 3.05) is 26.7 Å². The van der Waals surface area contributed by atoms with E-state index in [2.05, 4.69) is 24.3 Å². The zero-order chi connectivity index (χ0) is 17.5. The van der Waals surface area contributed by atoms with Crippen molar-refractivity contribution in [2.24, 2.45) is 18.4 Å². The van der Waals surface area contributed by atoms with E-state index in [9.17, 15) is 4.79 Å². The van der Waals surface area contributed by atoms with Gasteiger partial charge < -0.3 is 15.0 Å². The minimum atomic E-state index is -0.0128. The van der Waals surface area contributed by atoms with Crippen LogP contribution in [0.5, 0.6) is 0 Å². The van der Waals surface area contributed by atoms with Gasteiger partial charge >= 0.3 is 0 Å². The van der Waals surface area contributed by atoms with Gasteiger partial charge in [0.15, 0.2) is 0 Å². The maximum Gasteiger partial charge on any atom is 0.227 e. The number of aryl methyl sites for hydroxylation is 1. The van der Waals surface area contributed by atoms with Crippen LogP contribution in [0.4, 0.5) is 0 Å². The molecule has 2 aliphatic rings. The largest absolute Gasteiger partial charge is 0.378 e. The van der Waals surface area contributed by atoms with Crippen molar-refractivity contribution in [3.05, 3.63) is 18.0 Å². The van der Waals surface area contributed by atoms with Gasteiger partial charge in [-0.15, -0.1) is 12.4 Å². The Morgan fingerprint density at radius 2 is 2.20 bits per heavy atom. The second kappa shape index (κ2) is 7.64. The third-order valence-electron chi connectivity index (χ3n) is 5.99. The van der Waals surface area contributed by atoms with E-state index in [4.69, 9.17) is 4.74 Å². The van der Waals surface area contributed by atoms with Crippen LogP contribution in [0, 0.1) is 11.3 Å². The van der Waals surface area contributed by atoms with Gasteiger partial charge in [0.1, 0.15) is 0 Å². The topological polar surface area (TPSA) is 59.4 Å². The van der Waals surface area contributed by atoms with Gasteiger partial charge in [-0.2, -0.15) is 5.10 Å². The molecule has 1 saturated carbocycles. The molecular weight excluding hydrogens is 340 g/mol. The van der Waals surface area contributed by atoms with Crippen LogP contribution in [-0.2, 0) is 16.6 Å². The number of rotatable bonds is 5. The average molecular weight is 371 g/mol. The second-order valence-electron chi connectivity index (χ2n) is 7.78. The van der Waals surface area contributed by atoms with E-state index in [0.29, 0.717) is 0 Å². The molecule has 25 heavy (non-hydrogen) atoms. The summed E-state index contributed by atoms with van der Waals surface area (Å²) in [5.41, 5.74) is 1.16. The lowest BCUT2D eigenvalue weighted by atomic mass is 9.63. The molecule has 2 heterocycles. The predicted octanol–water partition coefficient (Wildman–Crippen LogP) is 1.81. The Labute approximate surface area is 156 Å². The van der Waals surface area contributed by atoms with Crippen LogP contribution < -0.4 is 5.32 Å². The number of hydrogen-bond acceptors (Lipinski definition) is 4. The molecule has 1 aliphatic heterocycles. The van der Waals surface area contributed by atoms with E-state index in [1.54, 1.807) is 4.68 Å². The van der Waals surface area contributed by atoms with Crippen LogP contribution in [-0.4, -0.2) is 59.5 Å². The number of aromatic nitrogens is 2. The molecule has 1 aromatic heterocycles. The number of nitrogens with zero attached hydrogens (tertiary/aromatic N) is 3. The molecule has 1 aromatic rings. The first kappa shape index (κ1) is 20.2. The molecule has 2 unspecified atom stereocenters. The van der Waals surface area contributed by atoms with Crippen molar-refractivity contribution >= 4 is 18.3 Å². The highest BCUT2D eigenvalue weighted by Crippen LogP contribution is 2.46. The quantitative estimate of drug-likeness (QED) is 0.858. The smallest absolute Gasteiger partial charge is 0.227 e. The van der Waals surface area contributed by atoms with Crippen LogP contribution in [0.1, 0.15) is 38.7 Å². The van der Waals surface area contributed by atoms with E-state index in [-0.39, 0.29) is 47.7 Å². The van der Waals surface area contributed by atoms with Gasteiger partial charge in [0.25, 0.3) is 0 Å². The fourth-order valence-corrected chi connectivity index (χ4v) is 4.34. The standard InChI is InChI=1S/C18H30N4O2.ClH/c1-6-24-16-7-15(18(16,2)3)22(5)17(23)14-10-19-9-13(14)12-8-20-21(4)11-12;/h8,11,13-16,19H,6-7,9-10H2,1-5H3;1H/t13-,14+,15?,16?;/m1./s1. The second-order valence-corrected chi connectivity index (χ2v) is 7.78. The normalized spacial score (nSPS) is 30.4. The number of hydrogen-bond donors (Lipinski definition) is 1. The van der Waals surface area contributed by atoms with Crippen molar-refractivity contribution in [1.82, 2.24) is 20.0 Å². The first-order valence-electron chi connectivity index (χ1n) is 8.93. The van der Waals surface area contributed by atoms with Crippen molar-refractivity contribution in [2.45, 2.75) is 45.3 Å². The van der Waals surface area contributed by atoms with E-state index in [0.717, 1.165) is 31.7 Å². The minimum Gasteiger partial charge on any atom is -0.378 e. The fourth-order valence-electron chi connectivity index (χ4n) is 4.34. The van der Waals surface area contributed by atoms with Crippen LogP contribution in [0.15, 0.2) is 12.4 Å². The SMILES string of the molecule is CCOC1CC(N(C)C(=O)[C@H]2CNC[C@@H]2c2cnn(C)c2)C1(C)C.Cl. The van der Waals surface area contributed by atoms with E-state index in [1.165, 1.54) is 0 Å². The lowest BCUT2D eigenvalue weighted by Crippen LogP contribution is -2.63. The molecule has 0 radical (unpaired) electrons. The highest BCUT2D eigenvalue weighted by molar-refractivity contribution is 5.85. The summed E-state index contributed by atoms with van der Waals surface area (Å²) < 4.78 is 7.62. The summed E-state index contributed by atoms with van der Waals surface area (Å²) in [4.78, 5) is 15.1. The maximum atomic E-state index is 13.1. The summed E-state index contributed by atoms with van der Waals surface area (Å²) in [7, 11) is 3.87. The zero-order valence-corrected chi connectivity index (χ0v) is 16.7. The molecule has 0 aromatic carbocycles. The van der Waals surface area contributed by atoms with Gasteiger partial charge in [0.05, 0.1) is 18.2 Å². The fraction of sp³-hybridized carbons (Fsp3) is 0.778. The minimum absolute atomic E-state index is 0.